The molecule has 1 unspecified atom stereocenters. The lowest BCUT2D eigenvalue weighted by molar-refractivity contribution is 0.0803. The summed E-state index contributed by atoms with van der Waals surface area (Å²) in [6.07, 6.45) is 4.55. The second kappa shape index (κ2) is 6.76. The molecule has 1 saturated heterocycles. The zero-order chi connectivity index (χ0) is 13.0. The molecule has 1 aliphatic carbocycles. The van der Waals surface area contributed by atoms with E-state index in [0.717, 1.165) is 44.7 Å². The minimum atomic E-state index is -2.36. The van der Waals surface area contributed by atoms with Gasteiger partial charge >= 0.3 is 0 Å². The molecular weight excluding hydrogens is 367 g/mol. The number of likely N-dealkylation sites (tertiary alicyclic amines) is 1. The summed E-state index contributed by atoms with van der Waals surface area (Å²) in [6.45, 7) is 2.59. The molecule has 2 rings (SSSR count). The van der Waals surface area contributed by atoms with Gasteiger partial charge in [-0.2, -0.15) is 0 Å². The quantitative estimate of drug-likeness (QED) is 0.528. The zero-order valence-corrected chi connectivity index (χ0v) is 13.3. The first-order chi connectivity index (χ1) is 8.62. The Balaban J connectivity index is 1.60. The fourth-order valence-electron chi connectivity index (χ4n) is 2.59. The molecule has 0 aromatic rings. The third-order valence-corrected chi connectivity index (χ3v) is 4.81. The molecule has 1 saturated carbocycles. The van der Waals surface area contributed by atoms with Crippen LogP contribution < -0.4 is 0 Å². The van der Waals surface area contributed by atoms with Crippen LogP contribution in [0.15, 0.2) is 0 Å². The summed E-state index contributed by atoms with van der Waals surface area (Å²) in [5.41, 5.74) is 0. The van der Waals surface area contributed by atoms with Gasteiger partial charge in [0.2, 0.25) is 0 Å². The second-order valence-corrected chi connectivity index (χ2v) is 6.98. The van der Waals surface area contributed by atoms with E-state index in [2.05, 4.69) is 37.3 Å². The van der Waals surface area contributed by atoms with Gasteiger partial charge in [-0.3, -0.25) is 0 Å². The van der Waals surface area contributed by atoms with E-state index in [-0.39, 0.29) is 12.3 Å². The van der Waals surface area contributed by atoms with Crippen LogP contribution in [0.4, 0.5) is 8.78 Å². The van der Waals surface area contributed by atoms with E-state index < -0.39 is 5.92 Å². The molecule has 102 valence electrons. The number of hydrogen-bond acceptors (Lipinski definition) is 2. The van der Waals surface area contributed by atoms with Crippen molar-refractivity contribution in [1.82, 2.24) is 4.90 Å². The molecule has 2 fully saturated rings. The smallest absolute Gasteiger partial charge is 0.252 e. The van der Waals surface area contributed by atoms with Crippen LogP contribution in [-0.2, 0) is 0 Å². The van der Waals surface area contributed by atoms with Crippen LogP contribution in [0.1, 0.15) is 32.1 Å². The molecule has 0 spiro atoms. The first kappa shape index (κ1) is 14.9. The maximum atomic E-state index is 12.8. The Bertz CT molecular complexity index is 332. The average molecular weight is 385 g/mol. The van der Waals surface area contributed by atoms with Gasteiger partial charge in [-0.15, -0.1) is 0 Å². The molecule has 0 amide bonds. The summed E-state index contributed by atoms with van der Waals surface area (Å²) >= 11 is 2.18. The van der Waals surface area contributed by atoms with Gasteiger partial charge in [0.05, 0.1) is 0 Å². The van der Waals surface area contributed by atoms with Crippen LogP contribution in [0.2, 0.25) is 0 Å². The standard InChI is InChI=1S/C13H18F2INS/c14-13(15)9-12(13)10-17-6-4-11(5-7-17)3-1-2-8-18-16/h11-12H,1,3-7,9-10H2. The fourth-order valence-corrected chi connectivity index (χ4v) is 3.22. The van der Waals surface area contributed by atoms with Crippen molar-refractivity contribution in [1.29, 1.82) is 0 Å². The molecule has 0 radical (unpaired) electrons. The van der Waals surface area contributed by atoms with Gasteiger partial charge in [-0.25, -0.2) is 8.78 Å². The largest absolute Gasteiger partial charge is 0.303 e. The average Bonchev–Trinajstić information content (AvgIpc) is 2.94. The number of halogens is 3. The van der Waals surface area contributed by atoms with Gasteiger partial charge in [-0.05, 0) is 52.5 Å². The van der Waals surface area contributed by atoms with Crippen molar-refractivity contribution in [2.75, 3.05) is 19.6 Å². The summed E-state index contributed by atoms with van der Waals surface area (Å²) in [6, 6.07) is 0. The van der Waals surface area contributed by atoms with Gasteiger partial charge in [0.15, 0.2) is 0 Å². The summed E-state index contributed by atoms with van der Waals surface area (Å²) < 4.78 is 25.6. The van der Waals surface area contributed by atoms with Crippen molar-refractivity contribution in [3.8, 4) is 11.2 Å². The monoisotopic (exact) mass is 385 g/mol. The first-order valence-corrected chi connectivity index (χ1v) is 9.83. The van der Waals surface area contributed by atoms with Crippen LogP contribution in [-0.4, -0.2) is 30.5 Å². The lowest BCUT2D eigenvalue weighted by Crippen LogP contribution is -2.35. The SMILES string of the molecule is FC1(F)CC1CN1CCC(CCC#CSI)CC1. The van der Waals surface area contributed by atoms with Crippen molar-refractivity contribution in [3.63, 3.8) is 0 Å². The highest BCUT2D eigenvalue weighted by molar-refractivity contribution is 14.2. The van der Waals surface area contributed by atoms with Gasteiger partial charge < -0.3 is 4.90 Å². The van der Waals surface area contributed by atoms with E-state index in [9.17, 15) is 8.78 Å². The van der Waals surface area contributed by atoms with E-state index in [1.54, 1.807) is 0 Å². The molecule has 18 heavy (non-hydrogen) atoms. The zero-order valence-electron chi connectivity index (χ0n) is 10.3. The van der Waals surface area contributed by atoms with Gasteiger partial charge in [0.1, 0.15) is 0 Å². The van der Waals surface area contributed by atoms with E-state index in [4.69, 9.17) is 0 Å². The molecule has 1 aliphatic heterocycles. The molecule has 2 aliphatic rings. The highest BCUT2D eigenvalue weighted by Gasteiger charge is 2.56. The third-order valence-electron chi connectivity index (χ3n) is 3.93. The lowest BCUT2D eigenvalue weighted by Gasteiger charge is -2.31. The Hall–Kier alpha value is 0.460. The summed E-state index contributed by atoms with van der Waals surface area (Å²) in [5.74, 6) is 1.17. The topological polar surface area (TPSA) is 3.24 Å². The van der Waals surface area contributed by atoms with E-state index >= 15 is 0 Å². The van der Waals surface area contributed by atoms with Gasteiger partial charge in [-0.1, -0.05) is 5.92 Å². The highest BCUT2D eigenvalue weighted by Crippen LogP contribution is 2.49. The molecule has 0 aromatic carbocycles. The summed E-state index contributed by atoms with van der Waals surface area (Å²) in [4.78, 5) is 2.22. The lowest BCUT2D eigenvalue weighted by atomic mass is 9.92. The first-order valence-electron chi connectivity index (χ1n) is 6.47. The van der Waals surface area contributed by atoms with Crippen LogP contribution in [0.25, 0.3) is 0 Å². The summed E-state index contributed by atoms with van der Waals surface area (Å²) in [5, 5.41) is 3.00. The molecule has 5 heteroatoms. The van der Waals surface area contributed by atoms with E-state index in [1.807, 2.05) is 0 Å². The highest BCUT2D eigenvalue weighted by atomic mass is 127. The molecule has 1 heterocycles. The van der Waals surface area contributed by atoms with Crippen LogP contribution in [0, 0.1) is 23.0 Å². The molecule has 0 N–H and O–H groups in total. The van der Waals surface area contributed by atoms with Crippen LogP contribution in [0.3, 0.4) is 0 Å². The number of hydrogen-bond donors (Lipinski definition) is 0. The van der Waals surface area contributed by atoms with Crippen LogP contribution >= 0.6 is 30.1 Å². The van der Waals surface area contributed by atoms with Crippen molar-refractivity contribution in [2.24, 2.45) is 11.8 Å². The molecular formula is C13H18F2INS. The Labute approximate surface area is 124 Å². The number of rotatable bonds is 4. The van der Waals surface area contributed by atoms with Gasteiger partial charge in [0, 0.05) is 46.5 Å². The Kier molecular flexibility index (Phi) is 5.58. The summed E-state index contributed by atoms with van der Waals surface area (Å²) in [7, 11) is 1.53. The van der Waals surface area contributed by atoms with E-state index in [1.165, 1.54) is 8.93 Å². The van der Waals surface area contributed by atoms with Gasteiger partial charge in [0.25, 0.3) is 5.92 Å². The van der Waals surface area contributed by atoms with Crippen molar-refractivity contribution in [3.05, 3.63) is 0 Å². The Morgan fingerprint density at radius 2 is 2.00 bits per heavy atom. The number of nitrogens with zero attached hydrogens (tertiary/aromatic N) is 1. The third kappa shape index (κ3) is 4.53. The number of alkyl halides is 2. The van der Waals surface area contributed by atoms with Crippen LogP contribution in [0.5, 0.6) is 0 Å². The minimum Gasteiger partial charge on any atom is -0.303 e. The Morgan fingerprint density at radius 1 is 1.33 bits per heavy atom. The molecule has 0 bridgehead atoms. The molecule has 0 aromatic heterocycles. The predicted molar refractivity (Wildman–Crippen MR) is 80.8 cm³/mol. The van der Waals surface area contributed by atoms with E-state index in [0.29, 0.717) is 6.54 Å². The second-order valence-electron chi connectivity index (χ2n) is 5.30. The maximum absolute atomic E-state index is 12.8. The molecule has 1 atom stereocenters. The maximum Gasteiger partial charge on any atom is 0.252 e. The van der Waals surface area contributed by atoms with Crippen molar-refractivity contribution in [2.45, 2.75) is 38.0 Å². The number of piperidine rings is 1. The normalized spacial score (nSPS) is 27.6. The fraction of sp³-hybridized carbons (Fsp3) is 0.846. The predicted octanol–water partition coefficient (Wildman–Crippen LogP) is 4.18. The minimum absolute atomic E-state index is 0.108. The Morgan fingerprint density at radius 3 is 2.56 bits per heavy atom. The molecule has 1 nitrogen and oxygen atoms in total. The van der Waals surface area contributed by atoms with Crippen molar-refractivity contribution >= 4 is 30.1 Å². The van der Waals surface area contributed by atoms with Crippen molar-refractivity contribution < 1.29 is 8.78 Å².